The Morgan fingerprint density at radius 3 is 2.50 bits per heavy atom. The summed E-state index contributed by atoms with van der Waals surface area (Å²) in [5, 5.41) is 55.5. The molecule has 0 aromatic heterocycles. The minimum Gasteiger partial charge on any atom is -0.477 e. The topological polar surface area (TPSA) is 174 Å². The van der Waals surface area contributed by atoms with Crippen LogP contribution in [0.15, 0.2) is 0 Å². The molecule has 9 nitrogen and oxygen atoms in total. The van der Waals surface area contributed by atoms with Gasteiger partial charge in [-0.05, 0) is 0 Å². The van der Waals surface area contributed by atoms with Crippen LogP contribution in [0, 0.1) is 0 Å². The summed E-state index contributed by atoms with van der Waals surface area (Å²) in [6.07, 6.45) is -7.01. The van der Waals surface area contributed by atoms with E-state index in [0.717, 1.165) is 0 Å². The molecular formula is C9H17NO8. The van der Waals surface area contributed by atoms with Crippen molar-refractivity contribution in [1.29, 1.82) is 0 Å². The Labute approximate surface area is 102 Å². The maximum Gasteiger partial charge on any atom is 0.364 e. The van der Waals surface area contributed by atoms with E-state index in [9.17, 15) is 25.2 Å². The van der Waals surface area contributed by atoms with Crippen LogP contribution in [-0.4, -0.2) is 79.5 Å². The first kappa shape index (κ1) is 15.2. The molecule has 1 fully saturated rings. The monoisotopic (exact) mass is 267 g/mol. The van der Waals surface area contributed by atoms with Gasteiger partial charge in [-0.2, -0.15) is 0 Å². The summed E-state index contributed by atoms with van der Waals surface area (Å²) < 4.78 is 4.75. The third-order valence-corrected chi connectivity index (χ3v) is 2.89. The molecule has 6 atom stereocenters. The highest BCUT2D eigenvalue weighted by molar-refractivity contribution is 5.75. The van der Waals surface area contributed by atoms with Gasteiger partial charge in [-0.15, -0.1) is 0 Å². The van der Waals surface area contributed by atoms with E-state index in [4.69, 9.17) is 20.7 Å². The van der Waals surface area contributed by atoms with Crippen LogP contribution in [0.3, 0.4) is 0 Å². The Bertz CT molecular complexity index is 313. The van der Waals surface area contributed by atoms with Crippen LogP contribution in [0.1, 0.15) is 6.42 Å². The molecule has 0 amide bonds. The highest BCUT2D eigenvalue weighted by atomic mass is 16.7. The molecular weight excluding hydrogens is 250 g/mol. The third kappa shape index (κ3) is 2.78. The van der Waals surface area contributed by atoms with Crippen LogP contribution in [0.4, 0.5) is 0 Å². The lowest BCUT2D eigenvalue weighted by atomic mass is 9.89. The van der Waals surface area contributed by atoms with Crippen LogP contribution in [0.2, 0.25) is 0 Å². The van der Waals surface area contributed by atoms with Crippen LogP contribution >= 0.6 is 0 Å². The lowest BCUT2D eigenvalue weighted by Crippen LogP contribution is -2.65. The predicted octanol–water partition coefficient (Wildman–Crippen LogP) is -4.05. The fraction of sp³-hybridized carbons (Fsp3) is 0.889. The molecule has 0 spiro atoms. The summed E-state index contributed by atoms with van der Waals surface area (Å²) in [7, 11) is 0. The number of ether oxygens (including phenoxy) is 1. The van der Waals surface area contributed by atoms with Gasteiger partial charge in [0.1, 0.15) is 18.3 Å². The lowest BCUT2D eigenvalue weighted by Gasteiger charge is -2.43. The fourth-order valence-electron chi connectivity index (χ4n) is 1.75. The fourth-order valence-corrected chi connectivity index (χ4v) is 1.75. The van der Waals surface area contributed by atoms with Crippen molar-refractivity contribution in [3.8, 4) is 0 Å². The summed E-state index contributed by atoms with van der Waals surface area (Å²) in [5.74, 6) is -4.44. The second kappa shape index (κ2) is 5.45. The lowest BCUT2D eigenvalue weighted by molar-refractivity contribution is -0.292. The van der Waals surface area contributed by atoms with E-state index in [0.29, 0.717) is 0 Å². The maximum atomic E-state index is 10.8. The molecule has 1 saturated heterocycles. The summed E-state index contributed by atoms with van der Waals surface area (Å²) in [6, 6.07) is -1.21. The number of hydrogen-bond donors (Lipinski definition) is 7. The van der Waals surface area contributed by atoms with Crippen LogP contribution < -0.4 is 5.73 Å². The van der Waals surface area contributed by atoms with Crippen molar-refractivity contribution in [2.75, 3.05) is 6.61 Å². The summed E-state index contributed by atoms with van der Waals surface area (Å²) in [4.78, 5) is 10.8. The molecule has 0 aromatic carbocycles. The molecule has 1 aliphatic rings. The smallest absolute Gasteiger partial charge is 0.364 e. The quantitative estimate of drug-likeness (QED) is 0.267. The standard InChI is InChI=1S/C9H17NO8/c10-5-3(12)1-9(17,8(15)16)18-7(5)6(14)4(13)2-11/h3-7,11-14,17H,1-2,10H2,(H,15,16)/t3-,4-,5-,6-,7?,9-/m1/s1. The van der Waals surface area contributed by atoms with E-state index in [1.54, 1.807) is 0 Å². The number of rotatable bonds is 4. The van der Waals surface area contributed by atoms with Gasteiger partial charge >= 0.3 is 5.97 Å². The number of carbonyl (C=O) groups is 1. The Kier molecular flexibility index (Phi) is 4.61. The average Bonchev–Trinajstić information content (AvgIpc) is 2.31. The maximum absolute atomic E-state index is 10.8. The minimum atomic E-state index is -2.70. The second-order valence-corrected chi connectivity index (χ2v) is 4.26. The van der Waals surface area contributed by atoms with Crippen LogP contribution in [0.25, 0.3) is 0 Å². The molecule has 1 unspecified atom stereocenters. The van der Waals surface area contributed by atoms with Gasteiger partial charge in [0.25, 0.3) is 5.79 Å². The number of aliphatic carboxylic acids is 1. The molecule has 106 valence electrons. The highest BCUT2D eigenvalue weighted by Crippen LogP contribution is 2.29. The van der Waals surface area contributed by atoms with Gasteiger partial charge in [0, 0.05) is 6.42 Å². The Balaban J connectivity index is 2.92. The van der Waals surface area contributed by atoms with Gasteiger partial charge < -0.3 is 41.1 Å². The molecule has 0 bridgehead atoms. The first-order chi connectivity index (χ1) is 8.23. The molecule has 18 heavy (non-hydrogen) atoms. The van der Waals surface area contributed by atoms with Gasteiger partial charge in [-0.1, -0.05) is 0 Å². The van der Waals surface area contributed by atoms with E-state index < -0.39 is 55.2 Å². The molecule has 1 aliphatic heterocycles. The van der Waals surface area contributed by atoms with E-state index in [-0.39, 0.29) is 0 Å². The normalized spacial score (nSPS) is 40.2. The van der Waals surface area contributed by atoms with Crippen LogP contribution in [0.5, 0.6) is 0 Å². The van der Waals surface area contributed by atoms with Crippen molar-refractivity contribution in [3.05, 3.63) is 0 Å². The average molecular weight is 267 g/mol. The molecule has 1 rings (SSSR count). The van der Waals surface area contributed by atoms with Gasteiger partial charge in [-0.3, -0.25) is 0 Å². The number of aliphatic hydroxyl groups excluding tert-OH is 4. The van der Waals surface area contributed by atoms with Crippen molar-refractivity contribution in [2.24, 2.45) is 5.73 Å². The number of carboxylic acid groups (broad SMARTS) is 1. The molecule has 0 radical (unpaired) electrons. The Hall–Kier alpha value is -0.810. The SMILES string of the molecule is N[C@H]1C([C@H](O)[C@H](O)CO)O[C@@](O)(C(=O)O)C[C@H]1O. The second-order valence-electron chi connectivity index (χ2n) is 4.26. The van der Waals surface area contributed by atoms with Crippen molar-refractivity contribution in [1.82, 2.24) is 0 Å². The molecule has 8 N–H and O–H groups in total. The first-order valence-electron chi connectivity index (χ1n) is 5.27. The highest BCUT2D eigenvalue weighted by Gasteiger charge is 2.52. The number of aliphatic hydroxyl groups is 5. The third-order valence-electron chi connectivity index (χ3n) is 2.89. The van der Waals surface area contributed by atoms with E-state index in [1.165, 1.54) is 0 Å². The molecule has 0 aromatic rings. The first-order valence-corrected chi connectivity index (χ1v) is 5.27. The number of hydrogen-bond acceptors (Lipinski definition) is 8. The predicted molar refractivity (Wildman–Crippen MR) is 55.2 cm³/mol. The van der Waals surface area contributed by atoms with E-state index >= 15 is 0 Å². The zero-order valence-electron chi connectivity index (χ0n) is 9.38. The van der Waals surface area contributed by atoms with Crippen molar-refractivity contribution in [2.45, 2.75) is 42.7 Å². The molecule has 0 aliphatic carbocycles. The van der Waals surface area contributed by atoms with Gasteiger partial charge in [0.2, 0.25) is 0 Å². The molecule has 9 heteroatoms. The summed E-state index contributed by atoms with van der Waals surface area (Å²) >= 11 is 0. The number of nitrogens with two attached hydrogens (primary N) is 1. The van der Waals surface area contributed by atoms with Gasteiger partial charge in [0.05, 0.1) is 18.8 Å². The zero-order chi connectivity index (χ0) is 14.1. The van der Waals surface area contributed by atoms with Crippen molar-refractivity contribution in [3.63, 3.8) is 0 Å². The van der Waals surface area contributed by atoms with Gasteiger partial charge in [0.15, 0.2) is 0 Å². The van der Waals surface area contributed by atoms with Crippen LogP contribution in [-0.2, 0) is 9.53 Å². The zero-order valence-corrected chi connectivity index (χ0v) is 9.38. The van der Waals surface area contributed by atoms with Crippen molar-refractivity contribution >= 4 is 5.97 Å². The Morgan fingerprint density at radius 2 is 2.06 bits per heavy atom. The Morgan fingerprint density at radius 1 is 1.50 bits per heavy atom. The van der Waals surface area contributed by atoms with E-state index in [1.807, 2.05) is 0 Å². The molecule has 0 saturated carbocycles. The summed E-state index contributed by atoms with van der Waals surface area (Å²) in [6.45, 7) is -0.810. The van der Waals surface area contributed by atoms with Crippen molar-refractivity contribution < 1.29 is 40.2 Å². The minimum absolute atomic E-state index is 0.665. The van der Waals surface area contributed by atoms with Gasteiger partial charge in [-0.25, -0.2) is 4.79 Å². The molecule has 1 heterocycles. The summed E-state index contributed by atoms with van der Waals surface area (Å²) in [5.41, 5.74) is 5.51. The number of carboxylic acids is 1. The largest absolute Gasteiger partial charge is 0.477 e. The van der Waals surface area contributed by atoms with E-state index in [2.05, 4.69) is 0 Å².